The normalized spacial score (nSPS) is 10.9. The predicted molar refractivity (Wildman–Crippen MR) is 131 cm³/mol. The van der Waals surface area contributed by atoms with Gasteiger partial charge in [-0.3, -0.25) is 14.7 Å². The summed E-state index contributed by atoms with van der Waals surface area (Å²) in [5.41, 5.74) is 5.41. The van der Waals surface area contributed by atoms with Crippen molar-refractivity contribution in [1.29, 1.82) is 0 Å². The summed E-state index contributed by atoms with van der Waals surface area (Å²) in [6, 6.07) is 26.9. The molecule has 0 unspecified atom stereocenters. The van der Waals surface area contributed by atoms with Crippen LogP contribution in [0, 0.1) is 0 Å². The van der Waals surface area contributed by atoms with Crippen molar-refractivity contribution in [1.82, 2.24) is 14.5 Å². The van der Waals surface area contributed by atoms with Crippen LogP contribution in [0.2, 0.25) is 0 Å². The molecule has 0 saturated carbocycles. The Balaban J connectivity index is 1.56. The third-order valence-corrected chi connectivity index (χ3v) is 5.63. The number of aromatic nitrogens is 3. The summed E-state index contributed by atoms with van der Waals surface area (Å²) >= 11 is 0. The van der Waals surface area contributed by atoms with E-state index in [9.17, 15) is 9.59 Å². The fourth-order valence-electron chi connectivity index (χ4n) is 4.00. The van der Waals surface area contributed by atoms with E-state index in [0.29, 0.717) is 30.0 Å². The number of H-pyrrole nitrogens is 1. The van der Waals surface area contributed by atoms with Crippen molar-refractivity contribution in [2.75, 3.05) is 5.32 Å². The number of carbonyl (C=O) groups is 1. The number of anilines is 1. The zero-order valence-corrected chi connectivity index (χ0v) is 18.2. The minimum atomic E-state index is -1.12. The molecule has 7 nitrogen and oxygen atoms in total. The van der Waals surface area contributed by atoms with Gasteiger partial charge >= 0.3 is 6.09 Å². The molecule has 0 radical (unpaired) electrons. The van der Waals surface area contributed by atoms with Crippen LogP contribution in [0.3, 0.4) is 0 Å². The summed E-state index contributed by atoms with van der Waals surface area (Å²) in [5, 5.41) is 11.2. The van der Waals surface area contributed by atoms with Crippen LogP contribution < -0.4 is 10.9 Å². The van der Waals surface area contributed by atoms with Gasteiger partial charge in [-0.05, 0) is 28.8 Å². The van der Waals surface area contributed by atoms with E-state index < -0.39 is 6.09 Å². The number of hydrogen-bond donors (Lipinski definition) is 3. The SMILES string of the molecule is O=C(O)Nc1ccc(Cc2nc3c(Cc4ccccc4)[nH]c(-c4ccccc4)cn-3c2=O)cc1. The molecular weight excluding hydrogens is 428 g/mol. The number of carboxylic acid groups (broad SMARTS) is 1. The molecule has 0 fully saturated rings. The highest BCUT2D eigenvalue weighted by atomic mass is 16.4. The summed E-state index contributed by atoms with van der Waals surface area (Å²) in [6.07, 6.45) is 1.64. The maximum Gasteiger partial charge on any atom is 0.409 e. The van der Waals surface area contributed by atoms with E-state index in [-0.39, 0.29) is 5.56 Å². The van der Waals surface area contributed by atoms with Crippen LogP contribution in [0.25, 0.3) is 17.1 Å². The van der Waals surface area contributed by atoms with Gasteiger partial charge in [-0.25, -0.2) is 9.78 Å². The highest BCUT2D eigenvalue weighted by Crippen LogP contribution is 2.24. The highest BCUT2D eigenvalue weighted by molar-refractivity contribution is 5.82. The first-order valence-electron chi connectivity index (χ1n) is 10.9. The van der Waals surface area contributed by atoms with Crippen LogP contribution >= 0.6 is 0 Å². The molecule has 7 heteroatoms. The van der Waals surface area contributed by atoms with Gasteiger partial charge in [0.2, 0.25) is 0 Å². The maximum absolute atomic E-state index is 13.3. The van der Waals surface area contributed by atoms with E-state index in [1.54, 1.807) is 35.0 Å². The lowest BCUT2D eigenvalue weighted by atomic mass is 10.1. The standard InChI is InChI=1S/C27H22N4O3/c32-26-23(16-19-11-13-21(14-12-19)28-27(33)34)30-25-22(15-18-7-3-1-4-8-18)29-24(17-31(25)26)20-9-5-2-6-10-20/h1-14,17,28-29H,15-16H2,(H,33,34). The van der Waals surface area contributed by atoms with E-state index in [0.717, 1.165) is 28.1 Å². The number of nitrogens with one attached hydrogen (secondary N) is 2. The summed E-state index contributed by atoms with van der Waals surface area (Å²) in [4.78, 5) is 32.4. The van der Waals surface area contributed by atoms with Gasteiger partial charge in [0.15, 0.2) is 5.82 Å². The van der Waals surface area contributed by atoms with Gasteiger partial charge in [0.05, 0.1) is 11.4 Å². The monoisotopic (exact) mass is 450 g/mol. The Hall–Kier alpha value is -4.65. The van der Waals surface area contributed by atoms with Crippen LogP contribution in [0.15, 0.2) is 95.9 Å². The molecule has 168 valence electrons. The minimum Gasteiger partial charge on any atom is -0.465 e. The minimum absolute atomic E-state index is 0.164. The Bertz CT molecular complexity index is 1460. The Kier molecular flexibility index (Phi) is 5.66. The number of imidazole rings is 1. The van der Waals surface area contributed by atoms with Gasteiger partial charge in [-0.1, -0.05) is 72.8 Å². The number of hydrogen-bond acceptors (Lipinski definition) is 3. The first-order valence-corrected chi connectivity index (χ1v) is 10.9. The molecule has 3 N–H and O–H groups in total. The Morgan fingerprint density at radius 3 is 2.21 bits per heavy atom. The molecule has 0 aliphatic carbocycles. The van der Waals surface area contributed by atoms with Crippen molar-refractivity contribution in [3.63, 3.8) is 0 Å². The van der Waals surface area contributed by atoms with Crippen molar-refractivity contribution in [2.45, 2.75) is 12.8 Å². The predicted octanol–water partition coefficient (Wildman–Crippen LogP) is 4.94. The topological polar surface area (TPSA) is 100 Å². The van der Waals surface area contributed by atoms with E-state index in [1.807, 2.05) is 60.7 Å². The molecule has 3 aromatic rings. The zero-order valence-electron chi connectivity index (χ0n) is 18.2. The lowest BCUT2D eigenvalue weighted by Crippen LogP contribution is -2.17. The van der Waals surface area contributed by atoms with Crippen molar-refractivity contribution < 1.29 is 9.90 Å². The summed E-state index contributed by atoms with van der Waals surface area (Å²) < 4.78 is 1.62. The van der Waals surface area contributed by atoms with Crippen LogP contribution in [0.5, 0.6) is 0 Å². The Morgan fingerprint density at radius 1 is 0.882 bits per heavy atom. The first-order chi connectivity index (χ1) is 16.6. The average molecular weight is 450 g/mol. The molecule has 5 rings (SSSR count). The second-order valence-corrected chi connectivity index (χ2v) is 8.04. The molecule has 1 amide bonds. The summed E-state index contributed by atoms with van der Waals surface area (Å²) in [5.74, 6) is 0.604. The number of nitrogens with zero attached hydrogens (tertiary/aromatic N) is 2. The van der Waals surface area contributed by atoms with Crippen molar-refractivity contribution in [2.24, 2.45) is 0 Å². The molecule has 2 aliphatic heterocycles. The third kappa shape index (κ3) is 4.45. The molecule has 2 aliphatic rings. The lowest BCUT2D eigenvalue weighted by molar-refractivity contribution is 0.209. The molecule has 0 aromatic heterocycles. The second-order valence-electron chi connectivity index (χ2n) is 8.04. The van der Waals surface area contributed by atoms with Crippen molar-refractivity contribution >= 4 is 11.8 Å². The lowest BCUT2D eigenvalue weighted by Gasteiger charge is -2.13. The number of rotatable bonds is 6. The second kappa shape index (κ2) is 9.07. The first kappa shape index (κ1) is 21.2. The van der Waals surface area contributed by atoms with Gasteiger partial charge in [0.1, 0.15) is 5.69 Å². The molecule has 3 aromatic carbocycles. The van der Waals surface area contributed by atoms with Crippen LogP contribution in [-0.4, -0.2) is 25.7 Å². The van der Waals surface area contributed by atoms with E-state index in [4.69, 9.17) is 10.1 Å². The third-order valence-electron chi connectivity index (χ3n) is 5.63. The van der Waals surface area contributed by atoms with Gasteiger partial charge in [-0.2, -0.15) is 0 Å². The average Bonchev–Trinajstić information content (AvgIpc) is 3.17. The fraction of sp³-hybridized carbons (Fsp3) is 0.0741. The smallest absolute Gasteiger partial charge is 0.409 e. The Morgan fingerprint density at radius 2 is 1.53 bits per heavy atom. The fourth-order valence-corrected chi connectivity index (χ4v) is 4.00. The number of aromatic amines is 1. The van der Waals surface area contributed by atoms with Crippen molar-refractivity contribution in [3.8, 4) is 17.1 Å². The Labute approximate surface area is 195 Å². The molecular formula is C27H22N4O3. The number of amides is 1. The van der Waals surface area contributed by atoms with E-state index >= 15 is 0 Å². The maximum atomic E-state index is 13.3. The summed E-state index contributed by atoms with van der Waals surface area (Å²) in [7, 11) is 0. The molecule has 0 atom stereocenters. The molecule has 0 saturated heterocycles. The van der Waals surface area contributed by atoms with Gasteiger partial charge in [0.25, 0.3) is 5.56 Å². The molecule has 0 spiro atoms. The van der Waals surface area contributed by atoms with Crippen LogP contribution in [0.4, 0.5) is 10.5 Å². The van der Waals surface area contributed by atoms with Crippen LogP contribution in [-0.2, 0) is 12.8 Å². The molecule has 2 heterocycles. The number of fused-ring (bicyclic) bond motifs is 1. The van der Waals surface area contributed by atoms with Gasteiger partial charge in [0, 0.05) is 24.7 Å². The van der Waals surface area contributed by atoms with Crippen molar-refractivity contribution in [3.05, 3.63) is 124 Å². The molecule has 0 bridgehead atoms. The summed E-state index contributed by atoms with van der Waals surface area (Å²) in [6.45, 7) is 0. The van der Waals surface area contributed by atoms with Gasteiger partial charge < -0.3 is 10.1 Å². The van der Waals surface area contributed by atoms with E-state index in [1.165, 1.54) is 0 Å². The molecule has 34 heavy (non-hydrogen) atoms. The van der Waals surface area contributed by atoms with Crippen LogP contribution in [0.1, 0.15) is 22.5 Å². The van der Waals surface area contributed by atoms with Gasteiger partial charge in [-0.15, -0.1) is 0 Å². The quantitative estimate of drug-likeness (QED) is 0.341. The highest BCUT2D eigenvalue weighted by Gasteiger charge is 2.20. The van der Waals surface area contributed by atoms with E-state index in [2.05, 4.69) is 10.3 Å². The number of benzene rings is 3. The zero-order chi connectivity index (χ0) is 23.5. The largest absolute Gasteiger partial charge is 0.465 e.